The summed E-state index contributed by atoms with van der Waals surface area (Å²) in [6, 6.07) is 11.3. The van der Waals surface area contributed by atoms with Gasteiger partial charge in [0, 0.05) is 24.2 Å². The largest absolute Gasteiger partial charge is 0.496 e. The lowest BCUT2D eigenvalue weighted by Gasteiger charge is -2.33. The van der Waals surface area contributed by atoms with E-state index in [4.69, 9.17) is 14.5 Å². The third-order valence-corrected chi connectivity index (χ3v) is 7.19. The van der Waals surface area contributed by atoms with Crippen molar-refractivity contribution < 1.29 is 40.6 Å². The van der Waals surface area contributed by atoms with Crippen LogP contribution in [0.25, 0.3) is 11.1 Å². The first-order chi connectivity index (χ1) is 18.9. The number of alkyl halides is 6. The van der Waals surface area contributed by atoms with Crippen molar-refractivity contribution in [2.45, 2.75) is 44.4 Å². The molecule has 0 spiro atoms. The van der Waals surface area contributed by atoms with Crippen LogP contribution in [0.1, 0.15) is 41.8 Å². The highest BCUT2D eigenvalue weighted by atomic mass is 19.4. The summed E-state index contributed by atoms with van der Waals surface area (Å²) in [5, 5.41) is 0. The second-order valence-electron chi connectivity index (χ2n) is 9.72. The van der Waals surface area contributed by atoms with Crippen LogP contribution < -0.4 is 9.64 Å². The second-order valence-corrected chi connectivity index (χ2v) is 9.72. The van der Waals surface area contributed by atoms with Crippen LogP contribution in [-0.4, -0.2) is 42.2 Å². The molecule has 6 nitrogen and oxygen atoms in total. The molecule has 0 bridgehead atoms. The van der Waals surface area contributed by atoms with Crippen LogP contribution in [-0.2, 0) is 23.6 Å². The number of para-hydroxylation sites is 1. The molecule has 2 aromatic carbocycles. The summed E-state index contributed by atoms with van der Waals surface area (Å²) < 4.78 is 91.6. The van der Waals surface area contributed by atoms with Gasteiger partial charge in [0.25, 0.3) is 0 Å². The standard InChI is InChI=1S/C28H25F6N3O3/c1-16-25(17-12-18(27(29,30)31)14-19(13-17)28(32,33)34)40-26(38)37(16)15-22-20(21-6-3-4-7-23(21)39-2)8-9-24(35-22)36-10-5-11-36/h3-4,6-9,12-14,16,25H,5,10-11,15H2,1-2H3/t16-,25-/m0/s1. The summed E-state index contributed by atoms with van der Waals surface area (Å²) >= 11 is 0. The van der Waals surface area contributed by atoms with Crippen molar-refractivity contribution in [2.24, 2.45) is 0 Å². The Morgan fingerprint density at radius 2 is 1.60 bits per heavy atom. The first-order valence-corrected chi connectivity index (χ1v) is 12.5. The fourth-order valence-electron chi connectivity index (χ4n) is 4.91. The van der Waals surface area contributed by atoms with Crippen molar-refractivity contribution in [2.75, 3.05) is 25.1 Å². The van der Waals surface area contributed by atoms with Crippen molar-refractivity contribution in [3.8, 4) is 16.9 Å². The van der Waals surface area contributed by atoms with Crippen LogP contribution in [0.4, 0.5) is 37.0 Å². The minimum Gasteiger partial charge on any atom is -0.496 e. The lowest BCUT2D eigenvalue weighted by Crippen LogP contribution is -2.38. The Labute approximate surface area is 226 Å². The Morgan fingerprint density at radius 1 is 0.950 bits per heavy atom. The Hall–Kier alpha value is -3.96. The van der Waals surface area contributed by atoms with Crippen LogP contribution in [0.3, 0.4) is 0 Å². The van der Waals surface area contributed by atoms with Gasteiger partial charge in [-0.05, 0) is 55.3 Å². The van der Waals surface area contributed by atoms with Crippen LogP contribution in [0.15, 0.2) is 54.6 Å². The smallest absolute Gasteiger partial charge is 0.416 e. The van der Waals surface area contributed by atoms with Gasteiger partial charge in [-0.1, -0.05) is 18.2 Å². The van der Waals surface area contributed by atoms with Gasteiger partial charge in [0.1, 0.15) is 17.7 Å². The molecule has 3 heterocycles. The number of benzene rings is 2. The highest BCUT2D eigenvalue weighted by Gasteiger charge is 2.43. The molecule has 0 saturated carbocycles. The molecule has 2 aliphatic heterocycles. The van der Waals surface area contributed by atoms with E-state index in [0.29, 0.717) is 40.5 Å². The number of amides is 1. The number of nitrogens with zero attached hydrogens (tertiary/aromatic N) is 3. The first kappa shape index (κ1) is 27.6. The average Bonchev–Trinajstić information content (AvgIpc) is 3.15. The fourth-order valence-corrected chi connectivity index (χ4v) is 4.91. The number of carbonyl (C=O) groups is 1. The zero-order valence-electron chi connectivity index (χ0n) is 21.5. The van der Waals surface area contributed by atoms with Gasteiger partial charge in [-0.2, -0.15) is 26.3 Å². The number of aromatic nitrogens is 1. The maximum atomic E-state index is 13.5. The first-order valence-electron chi connectivity index (χ1n) is 12.5. The van der Waals surface area contributed by atoms with E-state index in [-0.39, 0.29) is 12.6 Å². The summed E-state index contributed by atoms with van der Waals surface area (Å²) in [4.78, 5) is 21.1. The van der Waals surface area contributed by atoms with Gasteiger partial charge in [-0.15, -0.1) is 0 Å². The molecule has 212 valence electrons. The Kier molecular flexibility index (Phi) is 7.05. The Morgan fingerprint density at radius 3 is 2.17 bits per heavy atom. The molecule has 3 aromatic rings. The molecule has 0 N–H and O–H groups in total. The second kappa shape index (κ2) is 10.2. The highest BCUT2D eigenvalue weighted by molar-refractivity contribution is 5.75. The molecule has 2 saturated heterocycles. The molecule has 0 radical (unpaired) electrons. The number of hydrogen-bond acceptors (Lipinski definition) is 5. The van der Waals surface area contributed by atoms with Crippen molar-refractivity contribution in [1.82, 2.24) is 9.88 Å². The topological polar surface area (TPSA) is 54.9 Å². The van der Waals surface area contributed by atoms with Crippen molar-refractivity contribution in [1.29, 1.82) is 0 Å². The molecule has 1 amide bonds. The minimum atomic E-state index is -5.02. The van der Waals surface area contributed by atoms with Gasteiger partial charge in [0.15, 0.2) is 0 Å². The summed E-state index contributed by atoms with van der Waals surface area (Å²) in [6.45, 7) is 3.07. The normalized spacial score (nSPS) is 19.4. The van der Waals surface area contributed by atoms with Crippen molar-refractivity contribution >= 4 is 11.9 Å². The number of pyridine rings is 1. The zero-order valence-corrected chi connectivity index (χ0v) is 21.5. The summed E-state index contributed by atoms with van der Waals surface area (Å²) in [5.74, 6) is 1.27. The van der Waals surface area contributed by atoms with E-state index in [0.717, 1.165) is 19.5 Å². The lowest BCUT2D eigenvalue weighted by molar-refractivity contribution is -0.143. The number of anilines is 1. The van der Waals surface area contributed by atoms with Gasteiger partial charge < -0.3 is 14.4 Å². The monoisotopic (exact) mass is 565 g/mol. The third-order valence-electron chi connectivity index (χ3n) is 7.19. The molecule has 12 heteroatoms. The number of hydrogen-bond donors (Lipinski definition) is 0. The van der Waals surface area contributed by atoms with Gasteiger partial charge in [-0.25, -0.2) is 9.78 Å². The minimum absolute atomic E-state index is 0.0490. The molecule has 2 fully saturated rings. The molecule has 2 aliphatic rings. The maximum Gasteiger partial charge on any atom is 0.416 e. The number of cyclic esters (lactones) is 1. The van der Waals surface area contributed by atoms with Crippen molar-refractivity contribution in [3.05, 3.63) is 77.0 Å². The van der Waals surface area contributed by atoms with Crippen LogP contribution >= 0.6 is 0 Å². The predicted molar refractivity (Wildman–Crippen MR) is 134 cm³/mol. The number of rotatable bonds is 6. The molecular weight excluding hydrogens is 540 g/mol. The van der Waals surface area contributed by atoms with Gasteiger partial charge in [0.05, 0.1) is 36.5 Å². The molecule has 40 heavy (non-hydrogen) atoms. The number of methoxy groups -OCH3 is 1. The SMILES string of the molecule is COc1ccccc1-c1ccc(N2CCC2)nc1CN1C(=O)O[C@H](c2cc(C(F)(F)F)cc(C(F)(F)F)c2)[C@@H]1C. The van der Waals surface area contributed by atoms with Gasteiger partial charge in [-0.3, -0.25) is 4.90 Å². The Balaban J connectivity index is 1.52. The van der Waals surface area contributed by atoms with E-state index in [1.165, 1.54) is 18.9 Å². The van der Waals surface area contributed by atoms with Gasteiger partial charge >= 0.3 is 18.4 Å². The maximum absolute atomic E-state index is 13.5. The van der Waals surface area contributed by atoms with E-state index in [9.17, 15) is 31.1 Å². The van der Waals surface area contributed by atoms with E-state index in [1.54, 1.807) is 12.1 Å². The summed E-state index contributed by atoms with van der Waals surface area (Å²) in [5.41, 5.74) is -1.46. The zero-order chi connectivity index (χ0) is 28.8. The van der Waals surface area contributed by atoms with E-state index in [2.05, 4.69) is 4.90 Å². The molecule has 2 atom stereocenters. The molecule has 0 unspecified atom stereocenters. The Bertz CT molecular complexity index is 1390. The van der Waals surface area contributed by atoms with Gasteiger partial charge in [0.2, 0.25) is 0 Å². The van der Waals surface area contributed by atoms with Crippen LogP contribution in [0.5, 0.6) is 5.75 Å². The van der Waals surface area contributed by atoms with Crippen LogP contribution in [0, 0.1) is 0 Å². The van der Waals surface area contributed by atoms with E-state index < -0.39 is 47.3 Å². The average molecular weight is 566 g/mol. The van der Waals surface area contributed by atoms with Crippen LogP contribution in [0.2, 0.25) is 0 Å². The molecule has 1 aromatic heterocycles. The fraction of sp³-hybridized carbons (Fsp3) is 0.357. The molecule has 5 rings (SSSR count). The quantitative estimate of drug-likeness (QED) is 0.299. The molecule has 0 aliphatic carbocycles. The number of ether oxygens (including phenoxy) is 2. The summed E-state index contributed by atoms with van der Waals surface area (Å²) in [7, 11) is 1.52. The number of halogens is 6. The lowest BCUT2D eigenvalue weighted by atomic mass is 9.97. The summed E-state index contributed by atoms with van der Waals surface area (Å²) in [6.07, 6.45) is -11.3. The third kappa shape index (κ3) is 5.26. The van der Waals surface area contributed by atoms with E-state index >= 15 is 0 Å². The highest BCUT2D eigenvalue weighted by Crippen LogP contribution is 2.42. The van der Waals surface area contributed by atoms with E-state index in [1.807, 2.05) is 24.3 Å². The predicted octanol–water partition coefficient (Wildman–Crippen LogP) is 7.09. The van der Waals surface area contributed by atoms with Crippen molar-refractivity contribution in [3.63, 3.8) is 0 Å². The number of carbonyl (C=O) groups excluding carboxylic acids is 1. The molecular formula is C28H25F6N3O3.